The second-order valence-electron chi connectivity index (χ2n) is 8.06. The van der Waals surface area contributed by atoms with Crippen molar-refractivity contribution < 1.29 is 5.21 Å². The highest BCUT2D eigenvalue weighted by atomic mass is 79.9. The summed E-state index contributed by atoms with van der Waals surface area (Å²) >= 11 is 3.54. The first kappa shape index (κ1) is 23.0. The van der Waals surface area contributed by atoms with Crippen molar-refractivity contribution in [2.75, 3.05) is 45.1 Å². The third kappa shape index (κ3) is 5.61. The predicted octanol–water partition coefficient (Wildman–Crippen LogP) is 4.11. The minimum absolute atomic E-state index is 0.460. The lowest BCUT2D eigenvalue weighted by Crippen LogP contribution is -2.43. The molecule has 0 spiro atoms. The smallest absolute Gasteiger partial charge is 0.172 e. The van der Waals surface area contributed by atoms with Gasteiger partial charge in [-0.2, -0.15) is 9.61 Å². The van der Waals surface area contributed by atoms with Crippen molar-refractivity contribution in [1.29, 1.82) is 0 Å². The summed E-state index contributed by atoms with van der Waals surface area (Å²) in [6.07, 6.45) is 7.24. The van der Waals surface area contributed by atoms with E-state index in [9.17, 15) is 5.21 Å². The molecule has 0 bridgehead atoms. The van der Waals surface area contributed by atoms with Gasteiger partial charge in [-0.3, -0.25) is 0 Å². The van der Waals surface area contributed by atoms with Gasteiger partial charge in [-0.15, -0.1) is 0 Å². The van der Waals surface area contributed by atoms with Crippen molar-refractivity contribution in [3.05, 3.63) is 70.5 Å². The van der Waals surface area contributed by atoms with Crippen LogP contribution >= 0.6 is 15.9 Å². The predicted molar refractivity (Wildman–Crippen MR) is 136 cm³/mol. The van der Waals surface area contributed by atoms with Crippen LogP contribution in [-0.4, -0.2) is 75.6 Å². The fourth-order valence-corrected chi connectivity index (χ4v) is 4.07. The van der Waals surface area contributed by atoms with E-state index in [1.165, 1.54) is 11.9 Å². The molecule has 3 aromatic rings. The number of hydrogen-bond donors (Lipinski definition) is 2. The molecule has 172 valence electrons. The molecule has 8 nitrogen and oxygen atoms in total. The molecule has 0 unspecified atom stereocenters. The third-order valence-electron chi connectivity index (χ3n) is 5.74. The molecule has 2 aromatic heterocycles. The zero-order valence-corrected chi connectivity index (χ0v) is 20.4. The number of piperazine rings is 1. The molecule has 1 aromatic carbocycles. The molecule has 1 aliphatic rings. The molecule has 0 aliphatic carbocycles. The van der Waals surface area contributed by atoms with Gasteiger partial charge in [-0.05, 0) is 41.6 Å². The van der Waals surface area contributed by atoms with Gasteiger partial charge in [0, 0.05) is 50.1 Å². The Morgan fingerprint density at radius 3 is 2.67 bits per heavy atom. The molecular formula is C24H28BrN7O. The average Bonchev–Trinajstić information content (AvgIpc) is 3.22. The number of halogens is 1. The van der Waals surface area contributed by atoms with Gasteiger partial charge >= 0.3 is 0 Å². The van der Waals surface area contributed by atoms with E-state index in [4.69, 9.17) is 4.98 Å². The Morgan fingerprint density at radius 1 is 1.18 bits per heavy atom. The quantitative estimate of drug-likeness (QED) is 0.216. The van der Waals surface area contributed by atoms with E-state index in [0.717, 1.165) is 58.9 Å². The molecule has 0 atom stereocenters. The van der Waals surface area contributed by atoms with E-state index in [0.29, 0.717) is 6.54 Å². The van der Waals surface area contributed by atoms with Crippen LogP contribution in [0.25, 0.3) is 16.9 Å². The number of hydrogen-bond acceptors (Lipinski definition) is 7. The Hall–Kier alpha value is -3.17. The number of fused-ring (bicyclic) bond motifs is 1. The van der Waals surface area contributed by atoms with Crippen LogP contribution in [-0.2, 0) is 0 Å². The van der Waals surface area contributed by atoms with Crippen molar-refractivity contribution >= 4 is 33.6 Å². The normalized spacial score (nSPS) is 16.2. The minimum atomic E-state index is 0.460. The fourth-order valence-electron chi connectivity index (χ4n) is 3.73. The standard InChI is InChI=1S/C24H28BrN7O/c1-18(31-12-10-30(2)11-13-31)8-9-19(16-28-33)15-26-23-14-22(20-6-4-3-5-7-20)29-24-21(25)17-27-32(23)24/h3-9,14,16-17,26,33H,10-13,15H2,1-2H3/b18-8+,19-9-,28-16+. The van der Waals surface area contributed by atoms with Crippen molar-refractivity contribution in [2.24, 2.45) is 5.16 Å². The zero-order chi connectivity index (χ0) is 23.2. The van der Waals surface area contributed by atoms with Gasteiger partial charge in [-0.1, -0.05) is 41.6 Å². The molecule has 3 heterocycles. The highest BCUT2D eigenvalue weighted by molar-refractivity contribution is 9.10. The topological polar surface area (TPSA) is 81.3 Å². The zero-order valence-electron chi connectivity index (χ0n) is 18.8. The van der Waals surface area contributed by atoms with E-state index in [2.05, 4.69) is 61.3 Å². The van der Waals surface area contributed by atoms with Crippen molar-refractivity contribution in [2.45, 2.75) is 6.92 Å². The van der Waals surface area contributed by atoms with Crippen molar-refractivity contribution in [1.82, 2.24) is 24.4 Å². The van der Waals surface area contributed by atoms with Crippen LogP contribution < -0.4 is 5.32 Å². The monoisotopic (exact) mass is 509 g/mol. The summed E-state index contributed by atoms with van der Waals surface area (Å²) in [7, 11) is 2.15. The second-order valence-corrected chi connectivity index (χ2v) is 8.91. The number of benzene rings is 1. The summed E-state index contributed by atoms with van der Waals surface area (Å²) in [5, 5.41) is 20.3. The summed E-state index contributed by atoms with van der Waals surface area (Å²) in [6, 6.07) is 12.0. The van der Waals surface area contributed by atoms with Crippen LogP contribution in [0.3, 0.4) is 0 Å². The van der Waals surface area contributed by atoms with Gasteiger partial charge in [0.15, 0.2) is 5.65 Å². The summed E-state index contributed by atoms with van der Waals surface area (Å²) in [5.74, 6) is 0.793. The van der Waals surface area contributed by atoms with E-state index in [1.807, 2.05) is 42.5 Å². The van der Waals surface area contributed by atoms with Gasteiger partial charge in [0.25, 0.3) is 0 Å². The second kappa shape index (κ2) is 10.6. The lowest BCUT2D eigenvalue weighted by molar-refractivity contribution is 0.186. The third-order valence-corrected chi connectivity index (χ3v) is 6.30. The largest absolute Gasteiger partial charge is 0.411 e. The number of oxime groups is 1. The molecule has 9 heteroatoms. The molecule has 0 radical (unpaired) electrons. The van der Waals surface area contributed by atoms with Gasteiger partial charge in [-0.25, -0.2) is 4.98 Å². The molecule has 1 saturated heterocycles. The van der Waals surface area contributed by atoms with Crippen molar-refractivity contribution in [3.8, 4) is 11.3 Å². The lowest BCUT2D eigenvalue weighted by Gasteiger charge is -2.34. The van der Waals surface area contributed by atoms with Crippen molar-refractivity contribution in [3.63, 3.8) is 0 Å². The van der Waals surface area contributed by atoms with Crippen LogP contribution in [0.5, 0.6) is 0 Å². The molecule has 0 saturated carbocycles. The van der Waals surface area contributed by atoms with E-state index < -0.39 is 0 Å². The Morgan fingerprint density at radius 2 is 1.94 bits per heavy atom. The maximum atomic E-state index is 9.18. The maximum absolute atomic E-state index is 9.18. The van der Waals surface area contributed by atoms with E-state index in [1.54, 1.807) is 10.7 Å². The first-order valence-electron chi connectivity index (χ1n) is 10.9. The number of allylic oxidation sites excluding steroid dienone is 3. The highest BCUT2D eigenvalue weighted by Crippen LogP contribution is 2.25. The molecule has 2 N–H and O–H groups in total. The van der Waals surface area contributed by atoms with E-state index >= 15 is 0 Å². The number of nitrogens with zero attached hydrogens (tertiary/aromatic N) is 6. The maximum Gasteiger partial charge on any atom is 0.172 e. The first-order valence-corrected chi connectivity index (χ1v) is 11.7. The van der Waals surface area contributed by atoms with E-state index in [-0.39, 0.29) is 0 Å². The molecule has 4 rings (SSSR count). The highest BCUT2D eigenvalue weighted by Gasteiger charge is 2.14. The van der Waals surface area contributed by atoms with Crippen LogP contribution in [0.15, 0.2) is 75.6 Å². The molecular weight excluding hydrogens is 482 g/mol. The van der Waals surface area contributed by atoms with Crippen LogP contribution in [0.2, 0.25) is 0 Å². The Balaban J connectivity index is 1.56. The molecule has 0 amide bonds. The first-order chi connectivity index (χ1) is 16.0. The Kier molecular flexibility index (Phi) is 7.41. The number of aromatic nitrogens is 3. The number of nitrogens with one attached hydrogen (secondary N) is 1. The van der Waals surface area contributed by atoms with Crippen LogP contribution in [0, 0.1) is 0 Å². The SMILES string of the molecule is C\C(=C/C=C(\C=N\O)CNc1cc(-c2ccccc2)nc2c(Br)cnn12)N1CCN(C)CC1. The summed E-state index contributed by atoms with van der Waals surface area (Å²) in [5.41, 5.74) is 4.63. The number of rotatable bonds is 7. The lowest BCUT2D eigenvalue weighted by atomic mass is 10.1. The Bertz CT molecular complexity index is 1180. The van der Waals surface area contributed by atoms with Crippen LogP contribution in [0.4, 0.5) is 5.82 Å². The molecule has 1 fully saturated rings. The summed E-state index contributed by atoms with van der Waals surface area (Å²) in [4.78, 5) is 9.47. The summed E-state index contributed by atoms with van der Waals surface area (Å²) in [6.45, 7) is 6.72. The van der Waals surface area contributed by atoms with Gasteiger partial charge in [0.05, 0.1) is 22.6 Å². The minimum Gasteiger partial charge on any atom is -0.411 e. The van der Waals surface area contributed by atoms with Gasteiger partial charge in [0.2, 0.25) is 0 Å². The van der Waals surface area contributed by atoms with Gasteiger partial charge in [0.1, 0.15) is 5.82 Å². The Labute approximate surface area is 202 Å². The summed E-state index contributed by atoms with van der Waals surface area (Å²) < 4.78 is 2.58. The van der Waals surface area contributed by atoms with Gasteiger partial charge < -0.3 is 20.3 Å². The number of likely N-dealkylation sites (N-methyl/N-ethyl adjacent to an activating group) is 1. The average molecular weight is 510 g/mol. The fraction of sp³-hybridized carbons (Fsp3) is 0.292. The van der Waals surface area contributed by atoms with Crippen LogP contribution in [0.1, 0.15) is 6.92 Å². The molecule has 1 aliphatic heterocycles. The molecule has 33 heavy (non-hydrogen) atoms. The number of anilines is 1.